The van der Waals surface area contributed by atoms with Crippen LogP contribution in [-0.4, -0.2) is 31.2 Å². The van der Waals surface area contributed by atoms with Gasteiger partial charge < -0.3 is 15.3 Å². The average molecular weight is 315 g/mol. The largest absolute Gasteiger partial charge is 0.389 e. The molecule has 100 valence electrons. The van der Waals surface area contributed by atoms with Gasteiger partial charge in [0, 0.05) is 29.3 Å². The Balaban J connectivity index is 2.93. The van der Waals surface area contributed by atoms with E-state index in [0.29, 0.717) is 6.54 Å². The summed E-state index contributed by atoms with van der Waals surface area (Å²) in [6.45, 7) is 4.49. The summed E-state index contributed by atoms with van der Waals surface area (Å²) in [6.07, 6.45) is -0.565. The standard InChI is InChI=1S/C13H19BrN2O2/c1-4-15-13(18)8-16(3)12-7-10(14)5-6-11(12)9(2)17/h5-7,9,17H,4,8H2,1-3H3,(H,15,18). The van der Waals surface area contributed by atoms with Crippen LogP contribution in [-0.2, 0) is 4.79 Å². The monoisotopic (exact) mass is 314 g/mol. The van der Waals surface area contributed by atoms with Crippen LogP contribution in [0.3, 0.4) is 0 Å². The van der Waals surface area contributed by atoms with Gasteiger partial charge in [-0.05, 0) is 26.0 Å². The van der Waals surface area contributed by atoms with Gasteiger partial charge in [-0.2, -0.15) is 0 Å². The number of anilines is 1. The summed E-state index contributed by atoms with van der Waals surface area (Å²) in [5.41, 5.74) is 1.66. The number of carbonyl (C=O) groups excluding carboxylic acids is 1. The number of halogens is 1. The van der Waals surface area contributed by atoms with Crippen molar-refractivity contribution in [2.45, 2.75) is 20.0 Å². The van der Waals surface area contributed by atoms with Gasteiger partial charge in [-0.1, -0.05) is 22.0 Å². The number of carbonyl (C=O) groups is 1. The van der Waals surface area contributed by atoms with E-state index in [-0.39, 0.29) is 12.5 Å². The molecule has 0 aliphatic carbocycles. The topological polar surface area (TPSA) is 52.6 Å². The van der Waals surface area contributed by atoms with Gasteiger partial charge in [0.05, 0.1) is 12.6 Å². The zero-order valence-electron chi connectivity index (χ0n) is 10.9. The molecule has 0 heterocycles. The van der Waals surface area contributed by atoms with Crippen LogP contribution in [0, 0.1) is 0 Å². The number of rotatable bonds is 5. The Kier molecular flexibility index (Phi) is 5.62. The fraction of sp³-hybridized carbons (Fsp3) is 0.462. The number of likely N-dealkylation sites (N-methyl/N-ethyl adjacent to an activating group) is 2. The number of amides is 1. The molecule has 1 rings (SSSR count). The number of nitrogens with one attached hydrogen (secondary N) is 1. The minimum Gasteiger partial charge on any atom is -0.389 e. The van der Waals surface area contributed by atoms with Crippen molar-refractivity contribution in [3.8, 4) is 0 Å². The van der Waals surface area contributed by atoms with Gasteiger partial charge in [-0.3, -0.25) is 4.79 Å². The van der Waals surface area contributed by atoms with Crippen molar-refractivity contribution < 1.29 is 9.90 Å². The normalized spacial score (nSPS) is 12.1. The molecule has 18 heavy (non-hydrogen) atoms. The van der Waals surface area contributed by atoms with Crippen LogP contribution in [0.25, 0.3) is 0 Å². The second-order valence-corrected chi connectivity index (χ2v) is 5.10. The molecule has 0 aromatic heterocycles. The molecular formula is C13H19BrN2O2. The number of nitrogens with zero attached hydrogens (tertiary/aromatic N) is 1. The quantitative estimate of drug-likeness (QED) is 0.875. The summed E-state index contributed by atoms with van der Waals surface area (Å²) in [4.78, 5) is 13.4. The lowest BCUT2D eigenvalue weighted by Crippen LogP contribution is -2.35. The summed E-state index contributed by atoms with van der Waals surface area (Å²) in [5.74, 6) is -0.0310. The van der Waals surface area contributed by atoms with Crippen molar-refractivity contribution in [1.82, 2.24) is 5.32 Å². The highest BCUT2D eigenvalue weighted by Crippen LogP contribution is 2.28. The fourth-order valence-electron chi connectivity index (χ4n) is 1.75. The Morgan fingerprint density at radius 1 is 1.56 bits per heavy atom. The third-order valence-corrected chi connectivity index (χ3v) is 3.10. The lowest BCUT2D eigenvalue weighted by Gasteiger charge is -2.23. The minimum atomic E-state index is -0.565. The van der Waals surface area contributed by atoms with Gasteiger partial charge in [0.2, 0.25) is 5.91 Å². The predicted octanol–water partition coefficient (Wildman–Crippen LogP) is 2.07. The molecule has 1 aromatic rings. The van der Waals surface area contributed by atoms with E-state index in [1.165, 1.54) is 0 Å². The lowest BCUT2D eigenvalue weighted by molar-refractivity contribution is -0.119. The lowest BCUT2D eigenvalue weighted by atomic mass is 10.1. The van der Waals surface area contributed by atoms with E-state index in [9.17, 15) is 9.90 Å². The first-order chi connectivity index (χ1) is 8.45. The molecule has 0 saturated heterocycles. The number of aliphatic hydroxyl groups excluding tert-OH is 1. The third-order valence-electron chi connectivity index (χ3n) is 2.61. The molecule has 5 heteroatoms. The smallest absolute Gasteiger partial charge is 0.239 e. The first-order valence-corrected chi connectivity index (χ1v) is 6.70. The van der Waals surface area contributed by atoms with Gasteiger partial charge in [0.25, 0.3) is 0 Å². The average Bonchev–Trinajstić information content (AvgIpc) is 2.28. The van der Waals surface area contributed by atoms with Crippen LogP contribution < -0.4 is 10.2 Å². The Morgan fingerprint density at radius 2 is 2.22 bits per heavy atom. The Labute approximate surface area is 116 Å². The highest BCUT2D eigenvalue weighted by atomic mass is 79.9. The molecule has 2 N–H and O–H groups in total. The molecular weight excluding hydrogens is 296 g/mol. The Hall–Kier alpha value is -1.07. The van der Waals surface area contributed by atoms with E-state index in [2.05, 4.69) is 21.2 Å². The molecule has 4 nitrogen and oxygen atoms in total. The predicted molar refractivity (Wildman–Crippen MR) is 76.7 cm³/mol. The molecule has 0 spiro atoms. The van der Waals surface area contributed by atoms with Gasteiger partial charge in [0.15, 0.2) is 0 Å². The first kappa shape index (κ1) is 15.0. The van der Waals surface area contributed by atoms with Crippen molar-refractivity contribution in [2.75, 3.05) is 25.0 Å². The highest BCUT2D eigenvalue weighted by molar-refractivity contribution is 9.10. The fourth-order valence-corrected chi connectivity index (χ4v) is 2.10. The van der Waals surface area contributed by atoms with E-state index in [1.54, 1.807) is 6.92 Å². The Bertz CT molecular complexity index is 421. The molecule has 0 aliphatic heterocycles. The number of hydrogen-bond donors (Lipinski definition) is 2. The van der Waals surface area contributed by atoms with E-state index in [4.69, 9.17) is 0 Å². The van der Waals surface area contributed by atoms with Crippen LogP contribution >= 0.6 is 15.9 Å². The molecule has 0 bridgehead atoms. The van der Waals surface area contributed by atoms with E-state index in [0.717, 1.165) is 15.7 Å². The number of hydrogen-bond acceptors (Lipinski definition) is 3. The molecule has 1 amide bonds. The van der Waals surface area contributed by atoms with Crippen molar-refractivity contribution in [1.29, 1.82) is 0 Å². The molecule has 0 saturated carbocycles. The molecule has 1 aromatic carbocycles. The molecule has 0 radical (unpaired) electrons. The van der Waals surface area contributed by atoms with Crippen LogP contribution in [0.4, 0.5) is 5.69 Å². The second kappa shape index (κ2) is 6.75. The molecule has 1 unspecified atom stereocenters. The molecule has 0 fully saturated rings. The highest BCUT2D eigenvalue weighted by Gasteiger charge is 2.14. The maximum absolute atomic E-state index is 11.6. The second-order valence-electron chi connectivity index (χ2n) is 4.19. The van der Waals surface area contributed by atoms with Crippen molar-refractivity contribution in [3.05, 3.63) is 28.2 Å². The number of aliphatic hydroxyl groups is 1. The first-order valence-electron chi connectivity index (χ1n) is 5.91. The summed E-state index contributed by atoms with van der Waals surface area (Å²) in [7, 11) is 1.84. The van der Waals surface area contributed by atoms with Crippen LogP contribution in [0.15, 0.2) is 22.7 Å². The molecule has 0 aliphatic rings. The van der Waals surface area contributed by atoms with Gasteiger partial charge in [-0.25, -0.2) is 0 Å². The van der Waals surface area contributed by atoms with Crippen LogP contribution in [0.2, 0.25) is 0 Å². The van der Waals surface area contributed by atoms with Crippen molar-refractivity contribution in [3.63, 3.8) is 0 Å². The molecule has 1 atom stereocenters. The summed E-state index contributed by atoms with van der Waals surface area (Å²) in [5, 5.41) is 12.5. The summed E-state index contributed by atoms with van der Waals surface area (Å²) >= 11 is 3.40. The zero-order chi connectivity index (χ0) is 13.7. The van der Waals surface area contributed by atoms with Crippen LogP contribution in [0.1, 0.15) is 25.5 Å². The van der Waals surface area contributed by atoms with Gasteiger partial charge in [-0.15, -0.1) is 0 Å². The third kappa shape index (κ3) is 3.99. The van der Waals surface area contributed by atoms with Crippen molar-refractivity contribution in [2.24, 2.45) is 0 Å². The van der Waals surface area contributed by atoms with Gasteiger partial charge in [0.1, 0.15) is 0 Å². The van der Waals surface area contributed by atoms with E-state index in [1.807, 2.05) is 37.1 Å². The minimum absolute atomic E-state index is 0.0310. The van der Waals surface area contributed by atoms with Gasteiger partial charge >= 0.3 is 0 Å². The van der Waals surface area contributed by atoms with Crippen molar-refractivity contribution >= 4 is 27.5 Å². The SMILES string of the molecule is CCNC(=O)CN(C)c1cc(Br)ccc1C(C)O. The van der Waals surface area contributed by atoms with E-state index >= 15 is 0 Å². The Morgan fingerprint density at radius 3 is 2.78 bits per heavy atom. The summed E-state index contributed by atoms with van der Waals surface area (Å²) in [6, 6.07) is 5.64. The number of benzene rings is 1. The van der Waals surface area contributed by atoms with E-state index < -0.39 is 6.10 Å². The zero-order valence-corrected chi connectivity index (χ0v) is 12.5. The summed E-state index contributed by atoms with van der Waals surface area (Å²) < 4.78 is 0.921. The maximum Gasteiger partial charge on any atom is 0.239 e. The van der Waals surface area contributed by atoms with Crippen LogP contribution in [0.5, 0.6) is 0 Å². The maximum atomic E-state index is 11.6.